The van der Waals surface area contributed by atoms with Crippen LogP contribution in [-0.4, -0.2) is 4.57 Å². The van der Waals surface area contributed by atoms with E-state index >= 15 is 0 Å². The summed E-state index contributed by atoms with van der Waals surface area (Å²) in [6.07, 6.45) is 7.02. The Bertz CT molecular complexity index is 2290. The third kappa shape index (κ3) is 3.35. The number of benzene rings is 5. The first kappa shape index (κ1) is 26.3. The molecule has 9 rings (SSSR count). The van der Waals surface area contributed by atoms with Crippen LogP contribution in [-0.2, 0) is 10.8 Å². The highest BCUT2D eigenvalue weighted by Crippen LogP contribution is 2.54. The molecule has 0 spiro atoms. The van der Waals surface area contributed by atoms with Crippen molar-refractivity contribution in [2.45, 2.75) is 51.4 Å². The van der Waals surface area contributed by atoms with Crippen molar-refractivity contribution in [3.05, 3.63) is 142 Å². The van der Waals surface area contributed by atoms with Gasteiger partial charge in [-0.1, -0.05) is 122 Å². The number of hydrogen-bond acceptors (Lipinski definition) is 0. The van der Waals surface area contributed by atoms with Gasteiger partial charge in [-0.15, -0.1) is 0 Å². The molecule has 0 aliphatic heterocycles. The average Bonchev–Trinajstić information content (AvgIpc) is 3.56. The van der Waals surface area contributed by atoms with E-state index < -0.39 is 0 Å². The summed E-state index contributed by atoms with van der Waals surface area (Å²) in [6, 6.07) is 36.5. The summed E-state index contributed by atoms with van der Waals surface area (Å²) in [5, 5.41) is 2.65. The second-order valence-corrected chi connectivity index (χ2v) is 14.6. The molecule has 0 atom stereocenters. The van der Waals surface area contributed by atoms with E-state index in [1.54, 1.807) is 5.57 Å². The Hall–Kier alpha value is -4.14. The largest absolute Gasteiger partial charge is 0.309 e. The van der Waals surface area contributed by atoms with Gasteiger partial charge in [-0.2, -0.15) is 0 Å². The van der Waals surface area contributed by atoms with Gasteiger partial charge >= 0.3 is 0 Å². The van der Waals surface area contributed by atoms with E-state index in [-0.39, 0.29) is 10.8 Å². The molecular formula is C42H34BrN. The molecule has 0 saturated heterocycles. The molecule has 6 aromatic rings. The van der Waals surface area contributed by atoms with Crippen LogP contribution < -0.4 is 0 Å². The molecule has 0 N–H and O–H groups in total. The van der Waals surface area contributed by atoms with Gasteiger partial charge in [0.25, 0.3) is 0 Å². The molecule has 214 valence electrons. The van der Waals surface area contributed by atoms with Crippen molar-refractivity contribution in [2.24, 2.45) is 0 Å². The molecular weight excluding hydrogens is 598 g/mol. The number of hydrogen-bond donors (Lipinski definition) is 0. The summed E-state index contributed by atoms with van der Waals surface area (Å²) in [4.78, 5) is 0. The molecule has 0 radical (unpaired) electrons. The molecule has 0 fully saturated rings. The van der Waals surface area contributed by atoms with E-state index in [9.17, 15) is 0 Å². The molecule has 0 saturated carbocycles. The maximum Gasteiger partial charge on any atom is 0.0544 e. The number of allylic oxidation sites excluding steroid dienone is 4. The SMILES string of the molecule is CC1(C)C2=C(C=CCC2)c2cc3c4cc5c(cc4n(-c4ccccc4-c4ccccc4Br)c3cc21)C(C)(C)c1ccccc1-5. The van der Waals surface area contributed by atoms with Crippen LogP contribution in [0.15, 0.2) is 119 Å². The van der Waals surface area contributed by atoms with Gasteiger partial charge in [0.2, 0.25) is 0 Å². The van der Waals surface area contributed by atoms with Crippen molar-refractivity contribution in [3.63, 3.8) is 0 Å². The highest BCUT2D eigenvalue weighted by molar-refractivity contribution is 9.10. The number of aromatic nitrogens is 1. The fraction of sp³-hybridized carbons (Fsp3) is 0.190. The van der Waals surface area contributed by atoms with Gasteiger partial charge in [0.1, 0.15) is 0 Å². The Morgan fingerprint density at radius 3 is 1.95 bits per heavy atom. The molecule has 0 amide bonds. The Kier molecular flexibility index (Phi) is 5.35. The summed E-state index contributed by atoms with van der Waals surface area (Å²) in [5.41, 5.74) is 17.6. The molecule has 1 aromatic heterocycles. The molecule has 2 heteroatoms. The molecule has 3 aliphatic rings. The summed E-state index contributed by atoms with van der Waals surface area (Å²) >= 11 is 3.87. The van der Waals surface area contributed by atoms with E-state index in [4.69, 9.17) is 0 Å². The zero-order chi connectivity index (χ0) is 30.0. The lowest BCUT2D eigenvalue weighted by Crippen LogP contribution is -2.17. The lowest BCUT2D eigenvalue weighted by atomic mass is 9.78. The van der Waals surface area contributed by atoms with Crippen LogP contribution in [0.1, 0.15) is 62.8 Å². The lowest BCUT2D eigenvalue weighted by Gasteiger charge is -2.26. The van der Waals surface area contributed by atoms with Crippen molar-refractivity contribution in [3.8, 4) is 27.9 Å². The number of nitrogens with zero attached hydrogens (tertiary/aromatic N) is 1. The highest BCUT2D eigenvalue weighted by atomic mass is 79.9. The van der Waals surface area contributed by atoms with E-state index in [0.29, 0.717) is 0 Å². The Balaban J connectivity index is 1.44. The Morgan fingerprint density at radius 2 is 1.20 bits per heavy atom. The Labute approximate surface area is 267 Å². The third-order valence-electron chi connectivity index (χ3n) is 10.8. The summed E-state index contributed by atoms with van der Waals surface area (Å²) in [5.74, 6) is 0. The lowest BCUT2D eigenvalue weighted by molar-refractivity contribution is 0.608. The van der Waals surface area contributed by atoms with Crippen LogP contribution in [0.25, 0.3) is 55.3 Å². The van der Waals surface area contributed by atoms with Gasteiger partial charge in [0, 0.05) is 31.6 Å². The van der Waals surface area contributed by atoms with E-state index in [1.165, 1.54) is 77.6 Å². The van der Waals surface area contributed by atoms with E-state index in [1.807, 2.05) is 0 Å². The molecule has 1 heterocycles. The van der Waals surface area contributed by atoms with Crippen molar-refractivity contribution >= 4 is 43.3 Å². The van der Waals surface area contributed by atoms with Gasteiger partial charge in [-0.3, -0.25) is 0 Å². The maximum atomic E-state index is 3.87. The van der Waals surface area contributed by atoms with Crippen molar-refractivity contribution in [1.82, 2.24) is 4.57 Å². The van der Waals surface area contributed by atoms with Gasteiger partial charge < -0.3 is 4.57 Å². The minimum absolute atomic E-state index is 0.00949. The van der Waals surface area contributed by atoms with Crippen molar-refractivity contribution < 1.29 is 0 Å². The number of fused-ring (bicyclic) bond motifs is 8. The van der Waals surface area contributed by atoms with Gasteiger partial charge in [0.15, 0.2) is 0 Å². The molecule has 5 aromatic carbocycles. The first-order valence-corrected chi connectivity index (χ1v) is 16.6. The topological polar surface area (TPSA) is 4.93 Å². The first-order valence-electron chi connectivity index (χ1n) is 15.8. The van der Waals surface area contributed by atoms with Crippen molar-refractivity contribution in [1.29, 1.82) is 0 Å². The molecule has 3 aliphatic carbocycles. The fourth-order valence-corrected chi connectivity index (χ4v) is 9.06. The highest BCUT2D eigenvalue weighted by Gasteiger charge is 2.39. The minimum atomic E-state index is -0.0697. The summed E-state index contributed by atoms with van der Waals surface area (Å²) in [6.45, 7) is 9.61. The van der Waals surface area contributed by atoms with Crippen LogP contribution in [0, 0.1) is 0 Å². The minimum Gasteiger partial charge on any atom is -0.309 e. The summed E-state index contributed by atoms with van der Waals surface area (Å²) in [7, 11) is 0. The average molecular weight is 633 g/mol. The van der Waals surface area contributed by atoms with Gasteiger partial charge in [-0.05, 0) is 93.8 Å². The smallest absolute Gasteiger partial charge is 0.0544 e. The summed E-state index contributed by atoms with van der Waals surface area (Å²) < 4.78 is 3.67. The van der Waals surface area contributed by atoms with Crippen LogP contribution in [0.5, 0.6) is 0 Å². The van der Waals surface area contributed by atoms with Gasteiger partial charge in [0.05, 0.1) is 16.7 Å². The third-order valence-corrected chi connectivity index (χ3v) is 11.5. The zero-order valence-corrected chi connectivity index (χ0v) is 27.2. The zero-order valence-electron chi connectivity index (χ0n) is 25.6. The number of rotatable bonds is 2. The molecule has 0 unspecified atom stereocenters. The normalized spacial score (nSPS) is 17.2. The quantitative estimate of drug-likeness (QED) is 0.179. The number of halogens is 1. The second-order valence-electron chi connectivity index (χ2n) is 13.8. The maximum absolute atomic E-state index is 3.87. The van der Waals surface area contributed by atoms with Crippen LogP contribution in [0.2, 0.25) is 0 Å². The van der Waals surface area contributed by atoms with Crippen LogP contribution in [0.3, 0.4) is 0 Å². The molecule has 0 bridgehead atoms. The molecule has 44 heavy (non-hydrogen) atoms. The molecule has 1 nitrogen and oxygen atoms in total. The monoisotopic (exact) mass is 631 g/mol. The van der Waals surface area contributed by atoms with E-state index in [0.717, 1.165) is 17.3 Å². The van der Waals surface area contributed by atoms with Crippen molar-refractivity contribution in [2.75, 3.05) is 0 Å². The fourth-order valence-electron chi connectivity index (χ4n) is 8.56. The Morgan fingerprint density at radius 1 is 0.591 bits per heavy atom. The predicted octanol–water partition coefficient (Wildman–Crippen LogP) is 11.9. The number of para-hydroxylation sites is 1. The predicted molar refractivity (Wildman–Crippen MR) is 190 cm³/mol. The second kappa shape index (κ2) is 8.96. The van der Waals surface area contributed by atoms with E-state index in [2.05, 4.69) is 157 Å². The van der Waals surface area contributed by atoms with Gasteiger partial charge in [-0.25, -0.2) is 0 Å². The first-order chi connectivity index (χ1) is 21.3. The van der Waals surface area contributed by atoms with Crippen LogP contribution in [0.4, 0.5) is 0 Å². The van der Waals surface area contributed by atoms with Crippen LogP contribution >= 0.6 is 15.9 Å². The standard InChI is InChI=1S/C42H34BrN/c1-41(2)33-17-9-5-13-25(33)29-21-31-32-22-30-26-14-6-10-18-34(26)42(3,4)36(30)24-40(32)44(39(31)23-35(29)41)38-20-12-8-16-28(38)27-15-7-11-19-37(27)43/h5-9,11-17,19-24H,10,18H2,1-4H3.